The maximum Gasteiger partial charge on any atom is 0.151 e. The molecule has 2 bridgehead atoms. The third kappa shape index (κ3) is 4.00. The van der Waals surface area contributed by atoms with Gasteiger partial charge in [0, 0.05) is 24.3 Å². The molecule has 158 valence electrons. The number of sulfone groups is 1. The molecule has 5 unspecified atom stereocenters. The lowest BCUT2D eigenvalue weighted by Crippen LogP contribution is -2.51. The van der Waals surface area contributed by atoms with Crippen molar-refractivity contribution in [2.75, 3.05) is 13.3 Å². The van der Waals surface area contributed by atoms with Crippen LogP contribution in [0.25, 0.3) is 0 Å². The first kappa shape index (κ1) is 21.0. The average Bonchev–Trinajstić information content (AvgIpc) is 2.96. The number of nitriles is 1. The first-order valence-corrected chi connectivity index (χ1v) is 12.0. The van der Waals surface area contributed by atoms with Crippen molar-refractivity contribution in [3.8, 4) is 6.07 Å². The average molecular weight is 429 g/mol. The van der Waals surface area contributed by atoms with Crippen LogP contribution in [0.1, 0.15) is 35.4 Å². The minimum absolute atomic E-state index is 0.0183. The van der Waals surface area contributed by atoms with Crippen LogP contribution < -0.4 is 0 Å². The number of likely N-dealkylation sites (N-methyl/N-ethyl adjacent to an activating group) is 1. The molecule has 30 heavy (non-hydrogen) atoms. The van der Waals surface area contributed by atoms with Gasteiger partial charge in [0.2, 0.25) is 0 Å². The predicted molar refractivity (Wildman–Crippen MR) is 112 cm³/mol. The van der Waals surface area contributed by atoms with Gasteiger partial charge in [-0.1, -0.05) is 24.3 Å². The SMILES string of the molecule is CN1C2CC(S(C)(=O)=O)C1C(c1ccc(F)cc1)CC2OCc1ccc(C#N)cc1. The van der Waals surface area contributed by atoms with E-state index in [2.05, 4.69) is 11.0 Å². The molecule has 2 fully saturated rings. The van der Waals surface area contributed by atoms with Gasteiger partial charge in [0.05, 0.1) is 29.6 Å². The monoisotopic (exact) mass is 428 g/mol. The number of nitrogens with zero attached hydrogens (tertiary/aromatic N) is 2. The molecule has 2 aliphatic heterocycles. The van der Waals surface area contributed by atoms with Gasteiger partial charge in [0.25, 0.3) is 0 Å². The summed E-state index contributed by atoms with van der Waals surface area (Å²) >= 11 is 0. The van der Waals surface area contributed by atoms with Gasteiger partial charge in [0.1, 0.15) is 5.82 Å². The number of rotatable bonds is 5. The normalized spacial score (nSPS) is 28.9. The lowest BCUT2D eigenvalue weighted by Gasteiger charge is -2.43. The second-order valence-corrected chi connectivity index (χ2v) is 10.6. The van der Waals surface area contributed by atoms with Crippen molar-refractivity contribution in [2.24, 2.45) is 0 Å². The molecule has 2 aliphatic rings. The van der Waals surface area contributed by atoms with Crippen LogP contribution in [0.5, 0.6) is 0 Å². The smallest absolute Gasteiger partial charge is 0.151 e. The van der Waals surface area contributed by atoms with E-state index in [1.165, 1.54) is 18.4 Å². The van der Waals surface area contributed by atoms with E-state index >= 15 is 0 Å². The highest BCUT2D eigenvalue weighted by Gasteiger charge is 2.54. The van der Waals surface area contributed by atoms with E-state index in [0.29, 0.717) is 25.0 Å². The zero-order valence-electron chi connectivity index (χ0n) is 17.0. The molecule has 2 aromatic rings. The molecule has 5 nitrogen and oxygen atoms in total. The molecule has 0 aromatic heterocycles. The summed E-state index contributed by atoms with van der Waals surface area (Å²) in [7, 11) is -1.27. The fourth-order valence-corrected chi connectivity index (χ4v) is 6.49. The maximum atomic E-state index is 13.5. The van der Waals surface area contributed by atoms with Crippen LogP contribution >= 0.6 is 0 Å². The molecule has 0 spiro atoms. The minimum atomic E-state index is -3.24. The van der Waals surface area contributed by atoms with Gasteiger partial charge in [0.15, 0.2) is 9.84 Å². The molecule has 7 heteroatoms. The number of fused-ring (bicyclic) bond motifs is 2. The molecule has 0 radical (unpaired) electrons. The summed E-state index contributed by atoms with van der Waals surface area (Å²) in [5, 5.41) is 8.48. The van der Waals surface area contributed by atoms with Crippen LogP contribution in [0, 0.1) is 17.1 Å². The summed E-state index contributed by atoms with van der Waals surface area (Å²) in [6.07, 6.45) is 2.40. The standard InChI is InChI=1S/C23H25FN2O3S/c1-26-20-12-22(30(2,27)28)23(26)19(17-7-9-18(24)10-8-17)11-21(20)29-14-16-5-3-15(13-25)4-6-16/h3-10,19-23H,11-12,14H2,1-2H3. The van der Waals surface area contributed by atoms with Crippen LogP contribution in [0.3, 0.4) is 0 Å². The topological polar surface area (TPSA) is 70.4 Å². The fourth-order valence-electron chi connectivity index (χ4n) is 5.06. The van der Waals surface area contributed by atoms with Crippen molar-refractivity contribution in [1.82, 2.24) is 4.90 Å². The number of benzene rings is 2. The Balaban J connectivity index is 1.60. The molecule has 5 atom stereocenters. The molecule has 2 heterocycles. The highest BCUT2D eigenvalue weighted by Crippen LogP contribution is 2.46. The summed E-state index contributed by atoms with van der Waals surface area (Å²) in [4.78, 5) is 2.15. The predicted octanol–water partition coefficient (Wildman–Crippen LogP) is 3.26. The Morgan fingerprint density at radius 1 is 1.13 bits per heavy atom. The van der Waals surface area contributed by atoms with E-state index in [-0.39, 0.29) is 29.9 Å². The van der Waals surface area contributed by atoms with E-state index in [4.69, 9.17) is 10.00 Å². The number of piperidine rings is 1. The number of hydrogen-bond donors (Lipinski definition) is 0. The van der Waals surface area contributed by atoms with E-state index < -0.39 is 15.1 Å². The molecule has 0 amide bonds. The van der Waals surface area contributed by atoms with Gasteiger partial charge in [-0.3, -0.25) is 4.90 Å². The van der Waals surface area contributed by atoms with Crippen LogP contribution in [-0.4, -0.2) is 50.1 Å². The molecule has 2 saturated heterocycles. The van der Waals surface area contributed by atoms with Crippen LogP contribution in [0.15, 0.2) is 48.5 Å². The van der Waals surface area contributed by atoms with Gasteiger partial charge in [-0.05, 0) is 55.3 Å². The van der Waals surface area contributed by atoms with Crippen molar-refractivity contribution in [3.63, 3.8) is 0 Å². The molecule has 0 N–H and O–H groups in total. The van der Waals surface area contributed by atoms with Crippen LogP contribution in [-0.2, 0) is 21.2 Å². The van der Waals surface area contributed by atoms with Gasteiger partial charge < -0.3 is 4.74 Å². The van der Waals surface area contributed by atoms with Crippen molar-refractivity contribution in [2.45, 2.75) is 48.8 Å². The lowest BCUT2D eigenvalue weighted by atomic mass is 9.83. The van der Waals surface area contributed by atoms with Gasteiger partial charge >= 0.3 is 0 Å². The highest BCUT2D eigenvalue weighted by atomic mass is 32.2. The maximum absolute atomic E-state index is 13.5. The Morgan fingerprint density at radius 2 is 1.80 bits per heavy atom. The Bertz CT molecular complexity index is 1050. The molecule has 0 aliphatic carbocycles. The summed E-state index contributed by atoms with van der Waals surface area (Å²) < 4.78 is 44.8. The minimum Gasteiger partial charge on any atom is -0.372 e. The van der Waals surface area contributed by atoms with E-state index in [9.17, 15) is 12.8 Å². The summed E-state index contributed by atoms with van der Waals surface area (Å²) in [5.41, 5.74) is 2.51. The largest absolute Gasteiger partial charge is 0.372 e. The van der Waals surface area contributed by atoms with Gasteiger partial charge in [-0.15, -0.1) is 0 Å². The van der Waals surface area contributed by atoms with Crippen molar-refractivity contribution < 1.29 is 17.5 Å². The van der Waals surface area contributed by atoms with Gasteiger partial charge in [-0.2, -0.15) is 5.26 Å². The second kappa shape index (κ2) is 8.10. The zero-order chi connectivity index (χ0) is 21.5. The van der Waals surface area contributed by atoms with Crippen molar-refractivity contribution in [3.05, 3.63) is 71.0 Å². The number of hydrogen-bond acceptors (Lipinski definition) is 5. The summed E-state index contributed by atoms with van der Waals surface area (Å²) in [5.74, 6) is -0.361. The molecule has 0 saturated carbocycles. The van der Waals surface area contributed by atoms with Gasteiger partial charge in [-0.25, -0.2) is 12.8 Å². The number of halogens is 1. The van der Waals surface area contributed by atoms with Crippen LogP contribution in [0.2, 0.25) is 0 Å². The second-order valence-electron chi connectivity index (χ2n) is 8.38. The third-order valence-corrected chi connectivity index (χ3v) is 8.14. The van der Waals surface area contributed by atoms with E-state index in [0.717, 1.165) is 11.1 Å². The first-order chi connectivity index (χ1) is 14.3. The summed E-state index contributed by atoms with van der Waals surface area (Å²) in [6, 6.07) is 15.6. The van der Waals surface area contributed by atoms with E-state index in [1.807, 2.05) is 19.2 Å². The van der Waals surface area contributed by atoms with Crippen molar-refractivity contribution >= 4 is 9.84 Å². The Kier molecular flexibility index (Phi) is 5.67. The molecular formula is C23H25FN2O3S. The quantitative estimate of drug-likeness (QED) is 0.731. The Morgan fingerprint density at radius 3 is 2.40 bits per heavy atom. The first-order valence-electron chi connectivity index (χ1n) is 10.0. The molecule has 4 rings (SSSR count). The fraction of sp³-hybridized carbons (Fsp3) is 0.435. The lowest BCUT2D eigenvalue weighted by molar-refractivity contribution is -0.0464. The Labute approximate surface area is 177 Å². The molecular weight excluding hydrogens is 403 g/mol. The van der Waals surface area contributed by atoms with E-state index in [1.54, 1.807) is 24.3 Å². The number of ether oxygens (including phenoxy) is 1. The van der Waals surface area contributed by atoms with Crippen molar-refractivity contribution in [1.29, 1.82) is 5.26 Å². The third-order valence-electron chi connectivity index (χ3n) is 6.57. The Hall–Kier alpha value is -2.27. The highest BCUT2D eigenvalue weighted by molar-refractivity contribution is 7.91. The molecule has 2 aromatic carbocycles. The van der Waals surface area contributed by atoms with Crippen LogP contribution in [0.4, 0.5) is 4.39 Å². The summed E-state index contributed by atoms with van der Waals surface area (Å²) in [6.45, 7) is 0.394. The zero-order valence-corrected chi connectivity index (χ0v) is 17.8.